The van der Waals surface area contributed by atoms with E-state index in [4.69, 9.17) is 16.3 Å². The van der Waals surface area contributed by atoms with Crippen LogP contribution in [0.25, 0.3) is 0 Å². The molecule has 4 rings (SSSR count). The minimum absolute atomic E-state index is 0.173. The lowest BCUT2D eigenvalue weighted by molar-refractivity contribution is -0.138. The second-order valence-corrected chi connectivity index (χ2v) is 12.0. The number of anilines is 1. The molecule has 0 bridgehead atoms. The molecule has 3 aromatic rings. The fourth-order valence-corrected chi connectivity index (χ4v) is 5.00. The molecule has 1 heterocycles. The molecule has 0 saturated carbocycles. The quantitative estimate of drug-likeness (QED) is 0.342. The predicted molar refractivity (Wildman–Crippen MR) is 157 cm³/mol. The zero-order valence-electron chi connectivity index (χ0n) is 24.0. The Morgan fingerprint density at radius 3 is 2.33 bits per heavy atom. The Labute approximate surface area is 249 Å². The Morgan fingerprint density at radius 1 is 0.976 bits per heavy atom. The summed E-state index contributed by atoms with van der Waals surface area (Å²) in [5, 5.41) is 5.74. The van der Waals surface area contributed by atoms with E-state index in [-0.39, 0.29) is 29.9 Å². The van der Waals surface area contributed by atoms with Crippen LogP contribution in [0.15, 0.2) is 60.7 Å². The number of hydrogen-bond donors (Lipinski definition) is 2. The topological polar surface area (TPSA) is 87.7 Å². The largest absolute Gasteiger partial charge is 0.355 e. The van der Waals surface area contributed by atoms with E-state index < -0.39 is 35.7 Å². The van der Waals surface area contributed by atoms with E-state index in [1.165, 1.54) is 13.0 Å². The van der Waals surface area contributed by atoms with Crippen LogP contribution in [0.5, 0.6) is 0 Å². The Bertz CT molecular complexity index is 1470. The molecule has 3 aromatic carbocycles. The molecule has 10 heteroatoms. The van der Waals surface area contributed by atoms with E-state index in [0.29, 0.717) is 34.9 Å². The van der Waals surface area contributed by atoms with Crippen LogP contribution < -0.4 is 15.5 Å². The van der Waals surface area contributed by atoms with Gasteiger partial charge in [-0.25, -0.2) is 8.78 Å². The summed E-state index contributed by atoms with van der Waals surface area (Å²) in [5.74, 6) is -2.75. The van der Waals surface area contributed by atoms with E-state index >= 15 is 0 Å². The molecule has 42 heavy (non-hydrogen) atoms. The zero-order valence-corrected chi connectivity index (χ0v) is 24.7. The van der Waals surface area contributed by atoms with Crippen molar-refractivity contribution in [3.63, 3.8) is 0 Å². The first-order chi connectivity index (χ1) is 19.8. The first kappa shape index (κ1) is 31.1. The molecule has 0 radical (unpaired) electrons. The van der Waals surface area contributed by atoms with Crippen molar-refractivity contribution in [3.05, 3.63) is 99.6 Å². The van der Waals surface area contributed by atoms with Crippen LogP contribution in [0.4, 0.5) is 14.5 Å². The van der Waals surface area contributed by atoms with Gasteiger partial charge in [0.05, 0.1) is 6.42 Å². The normalized spacial score (nSPS) is 16.9. The van der Waals surface area contributed by atoms with Gasteiger partial charge in [-0.15, -0.1) is 0 Å². The van der Waals surface area contributed by atoms with Gasteiger partial charge >= 0.3 is 0 Å². The molecule has 3 amide bonds. The molecular formula is C32H34ClF2N3O4. The van der Waals surface area contributed by atoms with Gasteiger partial charge < -0.3 is 20.3 Å². The second kappa shape index (κ2) is 13.0. The van der Waals surface area contributed by atoms with Gasteiger partial charge in [-0.3, -0.25) is 14.4 Å². The highest BCUT2D eigenvalue weighted by atomic mass is 35.5. The zero-order chi connectivity index (χ0) is 30.6. The highest BCUT2D eigenvalue weighted by molar-refractivity contribution is 6.30. The third-order valence-corrected chi connectivity index (χ3v) is 6.96. The molecule has 2 atom stereocenters. The molecule has 2 unspecified atom stereocenters. The average Bonchev–Trinajstić information content (AvgIpc) is 3.01. The lowest BCUT2D eigenvalue weighted by Crippen LogP contribution is -2.45. The Morgan fingerprint density at radius 2 is 1.67 bits per heavy atom. The maximum Gasteiger partial charge on any atom is 0.256 e. The first-order valence-corrected chi connectivity index (χ1v) is 14.0. The number of nitrogens with zero attached hydrogens (tertiary/aromatic N) is 1. The number of hydrogen-bond acceptors (Lipinski definition) is 4. The van der Waals surface area contributed by atoms with Crippen molar-refractivity contribution >= 4 is 35.0 Å². The van der Waals surface area contributed by atoms with Gasteiger partial charge in [0.25, 0.3) is 5.91 Å². The van der Waals surface area contributed by atoms with Crippen molar-refractivity contribution in [3.8, 4) is 0 Å². The van der Waals surface area contributed by atoms with Crippen LogP contribution in [0, 0.1) is 17.0 Å². The number of carbonyl (C=O) groups is 3. The molecule has 222 valence electrons. The van der Waals surface area contributed by atoms with Crippen LogP contribution in [0.2, 0.25) is 5.02 Å². The Hall–Kier alpha value is -3.82. The number of rotatable bonds is 8. The molecule has 0 fully saturated rings. The minimum atomic E-state index is -1.21. The van der Waals surface area contributed by atoms with Crippen LogP contribution in [0.3, 0.4) is 0 Å². The third kappa shape index (κ3) is 7.72. The van der Waals surface area contributed by atoms with E-state index in [1.807, 2.05) is 45.0 Å². The van der Waals surface area contributed by atoms with Crippen molar-refractivity contribution in [2.45, 2.75) is 59.4 Å². The van der Waals surface area contributed by atoms with Crippen molar-refractivity contribution in [1.82, 2.24) is 10.6 Å². The van der Waals surface area contributed by atoms with E-state index in [1.54, 1.807) is 23.1 Å². The summed E-state index contributed by atoms with van der Waals surface area (Å²) < 4.78 is 34.7. The average molecular weight is 598 g/mol. The third-order valence-electron chi connectivity index (χ3n) is 6.73. The summed E-state index contributed by atoms with van der Waals surface area (Å²) in [7, 11) is 0. The molecule has 0 aliphatic carbocycles. The van der Waals surface area contributed by atoms with Gasteiger partial charge in [-0.05, 0) is 46.9 Å². The lowest BCUT2D eigenvalue weighted by atomic mass is 9.94. The lowest BCUT2D eigenvalue weighted by Gasteiger charge is -2.31. The van der Waals surface area contributed by atoms with Gasteiger partial charge in [0.1, 0.15) is 23.8 Å². The number of amides is 3. The van der Waals surface area contributed by atoms with Crippen molar-refractivity contribution < 1.29 is 27.9 Å². The van der Waals surface area contributed by atoms with Gasteiger partial charge in [-0.2, -0.15) is 0 Å². The molecule has 0 aromatic heterocycles. The number of ether oxygens (including phenoxy) is 1. The van der Waals surface area contributed by atoms with Gasteiger partial charge in [0, 0.05) is 48.4 Å². The maximum absolute atomic E-state index is 14.1. The molecule has 1 aliphatic heterocycles. The number of nitrogens with one attached hydrogen (secondary N) is 2. The SMILES string of the molecule is CC(=O)NCc1cccc(C2OC(CC(=O)NCc3c(F)cccc3F)C(=O)N(CC(C)(C)C)c3ccc(Cl)cc32)c1. The molecule has 0 spiro atoms. The number of benzene rings is 3. The van der Waals surface area contributed by atoms with Gasteiger partial charge in [-0.1, -0.05) is 62.7 Å². The van der Waals surface area contributed by atoms with Crippen molar-refractivity contribution in [2.24, 2.45) is 5.41 Å². The van der Waals surface area contributed by atoms with Crippen LogP contribution in [-0.2, 0) is 32.2 Å². The predicted octanol–water partition coefficient (Wildman–Crippen LogP) is 5.83. The van der Waals surface area contributed by atoms with E-state index in [9.17, 15) is 23.2 Å². The standard InChI is InChI=1S/C32H34ClF2N3O4/c1-19(39)36-16-20-7-5-8-21(13-20)30-23-14-22(33)11-12-27(23)38(18-32(2,3)4)31(41)28(42-30)15-29(40)37-17-24-25(34)9-6-10-26(24)35/h5-14,28,30H,15-18H2,1-4H3,(H,36,39)(H,37,40). The van der Waals surface area contributed by atoms with Gasteiger partial charge in [0.2, 0.25) is 11.8 Å². The van der Waals surface area contributed by atoms with Crippen molar-refractivity contribution in [2.75, 3.05) is 11.4 Å². The summed E-state index contributed by atoms with van der Waals surface area (Å²) in [6, 6.07) is 16.1. The smallest absolute Gasteiger partial charge is 0.256 e. The summed E-state index contributed by atoms with van der Waals surface area (Å²) in [6.07, 6.45) is -2.38. The van der Waals surface area contributed by atoms with Crippen LogP contribution in [-0.4, -0.2) is 30.4 Å². The summed E-state index contributed by atoms with van der Waals surface area (Å²) >= 11 is 6.43. The summed E-state index contributed by atoms with van der Waals surface area (Å²) in [6.45, 7) is 7.67. The second-order valence-electron chi connectivity index (χ2n) is 11.5. The first-order valence-electron chi connectivity index (χ1n) is 13.6. The van der Waals surface area contributed by atoms with E-state index in [2.05, 4.69) is 10.6 Å². The number of carbonyl (C=O) groups excluding carboxylic acids is 3. The van der Waals surface area contributed by atoms with Crippen LogP contribution >= 0.6 is 11.6 Å². The highest BCUT2D eigenvalue weighted by Gasteiger charge is 2.39. The Balaban J connectivity index is 1.70. The highest BCUT2D eigenvalue weighted by Crippen LogP contribution is 2.41. The molecule has 0 saturated heterocycles. The van der Waals surface area contributed by atoms with E-state index in [0.717, 1.165) is 17.7 Å². The van der Waals surface area contributed by atoms with Crippen molar-refractivity contribution in [1.29, 1.82) is 0 Å². The summed E-state index contributed by atoms with van der Waals surface area (Å²) in [4.78, 5) is 40.2. The number of fused-ring (bicyclic) bond motifs is 1. The fourth-order valence-electron chi connectivity index (χ4n) is 4.82. The molecule has 2 N–H and O–H groups in total. The fraction of sp³-hybridized carbons (Fsp3) is 0.344. The monoisotopic (exact) mass is 597 g/mol. The molecular weight excluding hydrogens is 564 g/mol. The molecule has 1 aliphatic rings. The molecule has 7 nitrogen and oxygen atoms in total. The number of halogens is 3. The maximum atomic E-state index is 14.1. The Kier molecular flexibility index (Phi) is 9.64. The van der Waals surface area contributed by atoms with Gasteiger partial charge in [0.15, 0.2) is 0 Å². The minimum Gasteiger partial charge on any atom is -0.355 e. The van der Waals surface area contributed by atoms with Crippen LogP contribution in [0.1, 0.15) is 62.5 Å². The summed E-state index contributed by atoms with van der Waals surface area (Å²) in [5.41, 5.74) is 2.19.